The molecule has 3 rings (SSSR count). The summed E-state index contributed by atoms with van der Waals surface area (Å²) >= 11 is 2.36. The smallest absolute Gasteiger partial charge is 0.0524 e. The zero-order valence-electron chi connectivity index (χ0n) is 13.3. The minimum Gasteiger partial charge on any atom is -0.311 e. The monoisotopic (exact) mass is 409 g/mol. The van der Waals surface area contributed by atoms with Crippen LogP contribution in [0.5, 0.6) is 0 Å². The Kier molecular flexibility index (Phi) is 5.18. The highest BCUT2D eigenvalue weighted by Gasteiger charge is 2.22. The lowest BCUT2D eigenvalue weighted by molar-refractivity contribution is 0.387. The van der Waals surface area contributed by atoms with Crippen LogP contribution in [0.15, 0.2) is 30.5 Å². The molecule has 22 heavy (non-hydrogen) atoms. The van der Waals surface area contributed by atoms with Gasteiger partial charge in [0.1, 0.15) is 0 Å². The van der Waals surface area contributed by atoms with Gasteiger partial charge in [0, 0.05) is 34.8 Å². The molecule has 1 aliphatic rings. The standard InChI is InChI=1S/C18H24IN3/c1-13(3-4-14-5-8-16(19)9-6-14)21-17-10-7-15-12-20-22(2)18(15)11-17/h5-6,8-9,12-13,17,21H,3-4,7,10-11H2,1-2H3. The van der Waals surface area contributed by atoms with Crippen LogP contribution in [0.25, 0.3) is 0 Å². The Bertz CT molecular complexity index is 618. The topological polar surface area (TPSA) is 29.9 Å². The number of halogens is 1. The number of rotatable bonds is 5. The third-order valence-corrected chi connectivity index (χ3v) is 5.37. The van der Waals surface area contributed by atoms with Crippen molar-refractivity contribution in [2.75, 3.05) is 0 Å². The normalized spacial score (nSPS) is 19.0. The van der Waals surface area contributed by atoms with Crippen LogP contribution in [0.2, 0.25) is 0 Å². The minimum absolute atomic E-state index is 0.555. The summed E-state index contributed by atoms with van der Waals surface area (Å²) in [6.45, 7) is 2.31. The Morgan fingerprint density at radius 2 is 2.14 bits per heavy atom. The first kappa shape index (κ1) is 16.0. The number of benzene rings is 1. The summed E-state index contributed by atoms with van der Waals surface area (Å²) in [5.74, 6) is 0. The van der Waals surface area contributed by atoms with Crippen molar-refractivity contribution in [3.8, 4) is 0 Å². The van der Waals surface area contributed by atoms with Crippen molar-refractivity contribution in [3.05, 3.63) is 50.9 Å². The molecule has 1 aliphatic carbocycles. The van der Waals surface area contributed by atoms with Gasteiger partial charge in [-0.3, -0.25) is 4.68 Å². The van der Waals surface area contributed by atoms with Crippen molar-refractivity contribution < 1.29 is 0 Å². The van der Waals surface area contributed by atoms with Gasteiger partial charge in [-0.05, 0) is 78.5 Å². The summed E-state index contributed by atoms with van der Waals surface area (Å²) in [5, 5.41) is 8.20. The van der Waals surface area contributed by atoms with Crippen LogP contribution in [-0.2, 0) is 26.3 Å². The molecule has 1 N–H and O–H groups in total. The minimum atomic E-state index is 0.555. The van der Waals surface area contributed by atoms with Crippen LogP contribution >= 0.6 is 22.6 Å². The lowest BCUT2D eigenvalue weighted by atomic mass is 9.92. The molecule has 0 amide bonds. The number of nitrogens with one attached hydrogen (secondary N) is 1. The van der Waals surface area contributed by atoms with Crippen molar-refractivity contribution in [3.63, 3.8) is 0 Å². The molecule has 0 fully saturated rings. The van der Waals surface area contributed by atoms with Gasteiger partial charge in [-0.25, -0.2) is 0 Å². The van der Waals surface area contributed by atoms with E-state index in [1.165, 1.54) is 33.2 Å². The largest absolute Gasteiger partial charge is 0.311 e. The molecule has 1 aromatic carbocycles. The van der Waals surface area contributed by atoms with Crippen LogP contribution in [-0.4, -0.2) is 21.9 Å². The van der Waals surface area contributed by atoms with E-state index in [-0.39, 0.29) is 0 Å². The summed E-state index contributed by atoms with van der Waals surface area (Å²) in [7, 11) is 2.06. The number of aryl methyl sites for hydroxylation is 3. The zero-order valence-corrected chi connectivity index (χ0v) is 15.5. The molecule has 2 unspecified atom stereocenters. The number of hydrogen-bond acceptors (Lipinski definition) is 2. The van der Waals surface area contributed by atoms with Crippen molar-refractivity contribution in [1.82, 2.24) is 15.1 Å². The van der Waals surface area contributed by atoms with E-state index in [0.717, 1.165) is 19.3 Å². The molecule has 0 radical (unpaired) electrons. The quantitative estimate of drug-likeness (QED) is 0.767. The predicted octanol–water partition coefficient (Wildman–Crippen LogP) is 3.49. The van der Waals surface area contributed by atoms with E-state index >= 15 is 0 Å². The Morgan fingerprint density at radius 1 is 1.36 bits per heavy atom. The molecule has 0 aliphatic heterocycles. The molecule has 4 heteroatoms. The van der Waals surface area contributed by atoms with Gasteiger partial charge in [-0.2, -0.15) is 5.10 Å². The molecule has 0 saturated heterocycles. The van der Waals surface area contributed by atoms with Gasteiger partial charge in [0.25, 0.3) is 0 Å². The Hall–Kier alpha value is -0.880. The molecule has 2 aromatic rings. The number of nitrogens with zero attached hydrogens (tertiary/aromatic N) is 2. The van der Waals surface area contributed by atoms with Gasteiger partial charge in [0.2, 0.25) is 0 Å². The highest BCUT2D eigenvalue weighted by molar-refractivity contribution is 14.1. The molecule has 1 aromatic heterocycles. The first-order valence-corrected chi connectivity index (χ1v) is 9.20. The third kappa shape index (κ3) is 3.90. The van der Waals surface area contributed by atoms with E-state index in [1.54, 1.807) is 0 Å². The van der Waals surface area contributed by atoms with E-state index in [4.69, 9.17) is 0 Å². The fourth-order valence-electron chi connectivity index (χ4n) is 3.31. The van der Waals surface area contributed by atoms with Gasteiger partial charge in [-0.1, -0.05) is 12.1 Å². The van der Waals surface area contributed by atoms with Gasteiger partial charge in [0.15, 0.2) is 0 Å². The maximum absolute atomic E-state index is 4.38. The molecule has 1 heterocycles. The third-order valence-electron chi connectivity index (χ3n) is 4.65. The highest BCUT2D eigenvalue weighted by Crippen LogP contribution is 2.21. The fraction of sp³-hybridized carbons (Fsp3) is 0.500. The van der Waals surface area contributed by atoms with Crippen molar-refractivity contribution in [2.24, 2.45) is 7.05 Å². The SMILES string of the molecule is CC(CCc1ccc(I)cc1)NC1CCc2cnn(C)c2C1. The number of hydrogen-bond donors (Lipinski definition) is 1. The molecule has 118 valence electrons. The van der Waals surface area contributed by atoms with Crippen LogP contribution in [0.1, 0.15) is 36.6 Å². The van der Waals surface area contributed by atoms with Crippen molar-refractivity contribution in [1.29, 1.82) is 0 Å². The van der Waals surface area contributed by atoms with Gasteiger partial charge in [-0.15, -0.1) is 0 Å². The predicted molar refractivity (Wildman–Crippen MR) is 99.1 cm³/mol. The number of aromatic nitrogens is 2. The molecule has 0 bridgehead atoms. The molecular weight excluding hydrogens is 385 g/mol. The molecule has 2 atom stereocenters. The Labute approximate surface area is 146 Å². The van der Waals surface area contributed by atoms with Crippen molar-refractivity contribution in [2.45, 2.75) is 51.1 Å². The molecule has 0 spiro atoms. The zero-order chi connectivity index (χ0) is 15.5. The Morgan fingerprint density at radius 3 is 2.91 bits per heavy atom. The summed E-state index contributed by atoms with van der Waals surface area (Å²) in [4.78, 5) is 0. The summed E-state index contributed by atoms with van der Waals surface area (Å²) in [5.41, 5.74) is 4.28. The van der Waals surface area contributed by atoms with E-state index in [9.17, 15) is 0 Å². The highest BCUT2D eigenvalue weighted by atomic mass is 127. The van der Waals surface area contributed by atoms with E-state index in [2.05, 4.69) is 71.2 Å². The number of fused-ring (bicyclic) bond motifs is 1. The van der Waals surface area contributed by atoms with Crippen LogP contribution in [0.3, 0.4) is 0 Å². The van der Waals surface area contributed by atoms with Gasteiger partial charge >= 0.3 is 0 Å². The average Bonchev–Trinajstić information content (AvgIpc) is 2.88. The second-order valence-corrected chi connectivity index (χ2v) is 7.66. The second-order valence-electron chi connectivity index (χ2n) is 6.41. The maximum atomic E-state index is 4.38. The average molecular weight is 409 g/mol. The fourth-order valence-corrected chi connectivity index (χ4v) is 3.67. The molecular formula is C18H24IN3. The van der Waals surface area contributed by atoms with E-state index in [0.29, 0.717) is 12.1 Å². The van der Waals surface area contributed by atoms with E-state index < -0.39 is 0 Å². The summed E-state index contributed by atoms with van der Waals surface area (Å²) in [6, 6.07) is 10.0. The van der Waals surface area contributed by atoms with Gasteiger partial charge < -0.3 is 5.32 Å². The summed E-state index contributed by atoms with van der Waals surface area (Å²) in [6.07, 6.45) is 7.87. The maximum Gasteiger partial charge on any atom is 0.0524 e. The molecule has 0 saturated carbocycles. The Balaban J connectivity index is 1.49. The van der Waals surface area contributed by atoms with Crippen LogP contribution in [0.4, 0.5) is 0 Å². The lowest BCUT2D eigenvalue weighted by Crippen LogP contribution is -2.40. The molecule has 3 nitrogen and oxygen atoms in total. The van der Waals surface area contributed by atoms with Crippen molar-refractivity contribution >= 4 is 22.6 Å². The first-order valence-electron chi connectivity index (χ1n) is 8.12. The second kappa shape index (κ2) is 7.13. The van der Waals surface area contributed by atoms with Crippen LogP contribution < -0.4 is 5.32 Å². The van der Waals surface area contributed by atoms with Crippen LogP contribution in [0, 0.1) is 3.57 Å². The van der Waals surface area contributed by atoms with E-state index in [1.807, 2.05) is 10.9 Å². The lowest BCUT2D eigenvalue weighted by Gasteiger charge is -2.27. The summed E-state index contributed by atoms with van der Waals surface area (Å²) < 4.78 is 3.35. The van der Waals surface area contributed by atoms with Gasteiger partial charge in [0.05, 0.1) is 6.20 Å². The first-order chi connectivity index (χ1) is 10.6.